The molecule has 0 saturated carbocycles. The van der Waals surface area contributed by atoms with Crippen LogP contribution in [-0.4, -0.2) is 57.1 Å². The van der Waals surface area contributed by atoms with E-state index < -0.39 is 24.3 Å². The Kier molecular flexibility index (Phi) is 8.40. The minimum atomic E-state index is -3.35. The Labute approximate surface area is 225 Å². The number of carboxylic acids is 1. The quantitative estimate of drug-likeness (QED) is 0.375. The van der Waals surface area contributed by atoms with Crippen LogP contribution in [0.5, 0.6) is 0 Å². The molecular formula is C28H35NO5S2Si. The third-order valence-electron chi connectivity index (χ3n) is 7.06. The summed E-state index contributed by atoms with van der Waals surface area (Å²) in [6.07, 6.45) is 1.82. The number of hydrogen-bond donors (Lipinski definition) is 1. The lowest BCUT2D eigenvalue weighted by Crippen LogP contribution is -2.67. The van der Waals surface area contributed by atoms with Gasteiger partial charge in [0.25, 0.3) is 8.32 Å². The van der Waals surface area contributed by atoms with Gasteiger partial charge in [0.05, 0.1) is 12.4 Å². The SMILES string of the molecule is CC(C)(C)[Si](OCC1CCS(=O)(=O)N1CCCc1ccc(C(=O)O)s1)(c1ccccc1)c1ccccc1. The predicted octanol–water partition coefficient (Wildman–Crippen LogP) is 4.36. The second-order valence-electron chi connectivity index (χ2n) is 10.5. The fourth-order valence-electron chi connectivity index (χ4n) is 5.28. The Balaban J connectivity index is 1.56. The minimum absolute atomic E-state index is 0.129. The summed E-state index contributed by atoms with van der Waals surface area (Å²) in [5.74, 6) is -0.803. The maximum atomic E-state index is 13.0. The van der Waals surface area contributed by atoms with Gasteiger partial charge < -0.3 is 9.53 Å². The smallest absolute Gasteiger partial charge is 0.345 e. The highest BCUT2D eigenvalue weighted by atomic mass is 32.2. The number of rotatable bonds is 10. The zero-order chi connectivity index (χ0) is 26.7. The van der Waals surface area contributed by atoms with E-state index in [9.17, 15) is 13.2 Å². The molecule has 0 amide bonds. The van der Waals surface area contributed by atoms with Crippen LogP contribution < -0.4 is 10.4 Å². The van der Waals surface area contributed by atoms with Crippen LogP contribution in [0.25, 0.3) is 0 Å². The summed E-state index contributed by atoms with van der Waals surface area (Å²) in [5, 5.41) is 11.3. The predicted molar refractivity (Wildman–Crippen MR) is 152 cm³/mol. The standard InChI is InChI=1S/C28H35NO5S2Si/c1-28(2,3)37(24-12-6-4-7-13-24,25-14-8-5-9-15-25)34-21-22-18-20-36(32,33)29(22)19-10-11-23-16-17-26(35-23)27(30)31/h4-9,12-17,22H,10-11,18-21H2,1-3H3,(H,30,31). The fraction of sp³-hybridized carbons (Fsp3) is 0.393. The first-order valence-corrected chi connectivity index (χ1v) is 16.9. The number of benzene rings is 2. The first-order chi connectivity index (χ1) is 17.5. The topological polar surface area (TPSA) is 83.9 Å². The summed E-state index contributed by atoms with van der Waals surface area (Å²) in [7, 11) is -6.11. The third-order valence-corrected chi connectivity index (χ3v) is 15.1. The normalized spacial score (nSPS) is 18.2. The molecule has 198 valence electrons. The van der Waals surface area contributed by atoms with Crippen LogP contribution >= 0.6 is 11.3 Å². The molecule has 0 radical (unpaired) electrons. The van der Waals surface area contributed by atoms with Gasteiger partial charge in [0.2, 0.25) is 10.0 Å². The van der Waals surface area contributed by atoms with Gasteiger partial charge in [-0.05, 0) is 46.8 Å². The van der Waals surface area contributed by atoms with Gasteiger partial charge in [-0.3, -0.25) is 0 Å². The van der Waals surface area contributed by atoms with Crippen molar-refractivity contribution in [1.29, 1.82) is 0 Å². The number of aryl methyl sites for hydroxylation is 1. The highest BCUT2D eigenvalue weighted by Crippen LogP contribution is 2.37. The molecule has 1 unspecified atom stereocenters. The van der Waals surface area contributed by atoms with Crippen LogP contribution in [0, 0.1) is 0 Å². The van der Waals surface area contributed by atoms with Gasteiger partial charge in [-0.2, -0.15) is 4.31 Å². The Hall–Kier alpha value is -2.30. The zero-order valence-electron chi connectivity index (χ0n) is 21.6. The van der Waals surface area contributed by atoms with Gasteiger partial charge in [0.15, 0.2) is 0 Å². The molecule has 6 nitrogen and oxygen atoms in total. The van der Waals surface area contributed by atoms with Crippen LogP contribution in [0.15, 0.2) is 72.8 Å². The van der Waals surface area contributed by atoms with Gasteiger partial charge in [-0.1, -0.05) is 81.4 Å². The van der Waals surface area contributed by atoms with Crippen LogP contribution in [0.2, 0.25) is 5.04 Å². The number of aromatic carboxylic acids is 1. The van der Waals surface area contributed by atoms with E-state index in [0.717, 1.165) is 4.88 Å². The molecule has 0 spiro atoms. The molecule has 0 aliphatic carbocycles. The molecule has 1 N–H and O–H groups in total. The number of nitrogens with zero attached hydrogens (tertiary/aromatic N) is 1. The number of carboxylic acid groups (broad SMARTS) is 1. The molecule has 2 aromatic carbocycles. The van der Waals surface area contributed by atoms with Crippen molar-refractivity contribution in [2.75, 3.05) is 18.9 Å². The van der Waals surface area contributed by atoms with Crippen molar-refractivity contribution >= 4 is 46.0 Å². The van der Waals surface area contributed by atoms with E-state index in [1.807, 2.05) is 42.5 Å². The van der Waals surface area contributed by atoms with Gasteiger partial charge in [-0.15, -0.1) is 11.3 Å². The lowest BCUT2D eigenvalue weighted by atomic mass is 10.2. The van der Waals surface area contributed by atoms with Crippen LogP contribution in [0.4, 0.5) is 0 Å². The molecule has 0 bridgehead atoms. The number of sulfonamides is 1. The van der Waals surface area contributed by atoms with Crippen molar-refractivity contribution < 1.29 is 22.7 Å². The van der Waals surface area contributed by atoms with Crippen molar-refractivity contribution in [3.63, 3.8) is 0 Å². The second-order valence-corrected chi connectivity index (χ2v) is 18.0. The first kappa shape index (κ1) is 27.7. The number of thiophene rings is 1. The van der Waals surface area contributed by atoms with Crippen molar-refractivity contribution in [3.05, 3.63) is 82.6 Å². The average molecular weight is 558 g/mol. The summed E-state index contributed by atoms with van der Waals surface area (Å²) >= 11 is 1.25. The Bertz CT molecular complexity index is 1260. The largest absolute Gasteiger partial charge is 0.477 e. The molecule has 3 aromatic rings. The van der Waals surface area contributed by atoms with E-state index in [1.54, 1.807) is 10.4 Å². The van der Waals surface area contributed by atoms with Crippen LogP contribution in [-0.2, 0) is 20.9 Å². The summed E-state index contributed by atoms with van der Waals surface area (Å²) in [6.45, 7) is 7.39. The lowest BCUT2D eigenvalue weighted by Gasteiger charge is -2.44. The Morgan fingerprint density at radius 1 is 1.03 bits per heavy atom. The average Bonchev–Trinajstić information content (AvgIpc) is 3.45. The highest BCUT2D eigenvalue weighted by Gasteiger charge is 2.51. The summed E-state index contributed by atoms with van der Waals surface area (Å²) in [5.41, 5.74) is 0. The summed E-state index contributed by atoms with van der Waals surface area (Å²) in [6, 6.07) is 24.0. The van der Waals surface area contributed by atoms with Crippen molar-refractivity contribution in [1.82, 2.24) is 4.31 Å². The van der Waals surface area contributed by atoms with E-state index in [1.165, 1.54) is 21.7 Å². The van der Waals surface area contributed by atoms with Crippen molar-refractivity contribution in [3.8, 4) is 0 Å². The molecule has 1 aliphatic heterocycles. The molecule has 1 fully saturated rings. The van der Waals surface area contributed by atoms with Crippen molar-refractivity contribution in [2.24, 2.45) is 0 Å². The van der Waals surface area contributed by atoms with E-state index in [-0.39, 0.29) is 16.8 Å². The molecule has 1 atom stereocenters. The monoisotopic (exact) mass is 557 g/mol. The van der Waals surface area contributed by atoms with E-state index >= 15 is 0 Å². The van der Waals surface area contributed by atoms with E-state index in [0.29, 0.717) is 37.3 Å². The van der Waals surface area contributed by atoms with Gasteiger partial charge in [-0.25, -0.2) is 13.2 Å². The Morgan fingerprint density at radius 2 is 1.62 bits per heavy atom. The summed E-state index contributed by atoms with van der Waals surface area (Å²) in [4.78, 5) is 12.4. The van der Waals surface area contributed by atoms with E-state index in [4.69, 9.17) is 9.53 Å². The second kappa shape index (κ2) is 11.2. The van der Waals surface area contributed by atoms with Gasteiger partial charge in [0.1, 0.15) is 4.88 Å². The Morgan fingerprint density at radius 3 is 2.14 bits per heavy atom. The molecule has 9 heteroatoms. The molecule has 1 saturated heterocycles. The fourth-order valence-corrected chi connectivity index (χ4v) is 12.6. The highest BCUT2D eigenvalue weighted by molar-refractivity contribution is 7.89. The maximum Gasteiger partial charge on any atom is 0.345 e. The number of carbonyl (C=O) groups is 1. The summed E-state index contributed by atoms with van der Waals surface area (Å²) < 4.78 is 34.6. The van der Waals surface area contributed by atoms with Crippen molar-refractivity contribution in [2.45, 2.75) is 51.1 Å². The molecule has 1 aliphatic rings. The third kappa shape index (κ3) is 5.91. The maximum absolute atomic E-state index is 13.0. The minimum Gasteiger partial charge on any atom is -0.477 e. The van der Waals surface area contributed by atoms with Crippen LogP contribution in [0.3, 0.4) is 0 Å². The molecule has 4 rings (SSSR count). The van der Waals surface area contributed by atoms with Crippen LogP contribution in [0.1, 0.15) is 48.2 Å². The first-order valence-electron chi connectivity index (χ1n) is 12.6. The molecule has 37 heavy (non-hydrogen) atoms. The number of hydrogen-bond acceptors (Lipinski definition) is 5. The molecule has 2 heterocycles. The lowest BCUT2D eigenvalue weighted by molar-refractivity contribution is 0.0702. The van der Waals surface area contributed by atoms with E-state index in [2.05, 4.69) is 45.0 Å². The molecule has 1 aromatic heterocycles. The van der Waals surface area contributed by atoms with Gasteiger partial charge >= 0.3 is 5.97 Å². The zero-order valence-corrected chi connectivity index (χ0v) is 24.2. The molecular weight excluding hydrogens is 523 g/mol. The van der Waals surface area contributed by atoms with Gasteiger partial charge in [0, 0.05) is 17.5 Å².